The van der Waals surface area contributed by atoms with Crippen molar-refractivity contribution < 1.29 is 89.0 Å². The minimum absolute atomic E-state index is 3.13. The Morgan fingerprint density at radius 1 is 0.516 bits per heavy atom. The smallest absolute Gasteiger partial charge is 0.326 e. The Kier molecular flexibility index (Phi) is 7.80. The number of alkyl halides is 17. The van der Waals surface area contributed by atoms with Crippen LogP contribution in [0.15, 0.2) is 0 Å². The van der Waals surface area contributed by atoms with Crippen molar-refractivity contribution in [3.63, 3.8) is 0 Å². The summed E-state index contributed by atoms with van der Waals surface area (Å²) in [4.78, 5) is 14.3. The van der Waals surface area contributed by atoms with Gasteiger partial charge in [0.25, 0.3) is 0 Å². The molecule has 0 aromatic carbocycles. The fourth-order valence-corrected chi connectivity index (χ4v) is 1.91. The van der Waals surface area contributed by atoms with Crippen molar-refractivity contribution in [2.24, 2.45) is 0 Å². The molecule has 3 unspecified atom stereocenters. The second-order valence-electron chi connectivity index (χ2n) is 5.67. The molecule has 0 bridgehead atoms. The normalized spacial score (nSPS) is 34.9. The fourth-order valence-electron chi connectivity index (χ4n) is 1.91. The first kappa shape index (κ1) is 30.0. The lowest BCUT2D eigenvalue weighted by molar-refractivity contribution is -0.446. The van der Waals surface area contributed by atoms with E-state index in [1.165, 1.54) is 0 Å². The van der Waals surface area contributed by atoms with E-state index in [1.807, 2.05) is 0 Å². The van der Waals surface area contributed by atoms with Gasteiger partial charge in [0.05, 0.1) is 0 Å². The second-order valence-corrected chi connectivity index (χ2v) is 6.23. The van der Waals surface area contributed by atoms with Crippen LogP contribution in [0, 0.1) is 0 Å². The maximum Gasteiger partial charge on any atom is 0.384 e. The van der Waals surface area contributed by atoms with Gasteiger partial charge in [-0.15, -0.1) is 0 Å². The summed E-state index contributed by atoms with van der Waals surface area (Å²) in [7, 11) is -3.13. The maximum atomic E-state index is 13.1. The van der Waals surface area contributed by atoms with Crippen molar-refractivity contribution in [3.05, 3.63) is 0 Å². The molecule has 0 radical (unpaired) electrons. The van der Waals surface area contributed by atoms with E-state index in [2.05, 4.69) is 0 Å². The Labute approximate surface area is 158 Å². The number of halogens is 17. The summed E-state index contributed by atoms with van der Waals surface area (Å²) >= 11 is 0. The summed E-state index contributed by atoms with van der Waals surface area (Å²) in [5.41, 5.74) is 0. The van der Waals surface area contributed by atoms with Gasteiger partial charge in [-0.2, -0.15) is 61.5 Å². The zero-order valence-corrected chi connectivity index (χ0v) is 14.5. The van der Waals surface area contributed by atoms with Gasteiger partial charge in [-0.3, -0.25) is 4.57 Å². The van der Waals surface area contributed by atoms with Crippen LogP contribution in [0.4, 0.5) is 74.6 Å². The Hall–Kier alpha value is -1.04. The van der Waals surface area contributed by atoms with Gasteiger partial charge in [0.2, 0.25) is 18.5 Å². The Bertz CT molecular complexity index is 675. The van der Waals surface area contributed by atoms with Crippen LogP contribution in [0.3, 0.4) is 0 Å². The Morgan fingerprint density at radius 3 is 1.06 bits per heavy atom. The van der Waals surface area contributed by atoms with Crippen LogP contribution in [-0.4, -0.2) is 69.8 Å². The largest absolute Gasteiger partial charge is 0.384 e. The summed E-state index contributed by atoms with van der Waals surface area (Å²) < 4.78 is 231. The molecule has 21 heteroatoms. The molecule has 31 heavy (non-hydrogen) atoms. The summed E-state index contributed by atoms with van der Waals surface area (Å²) in [6, 6.07) is 0. The molecule has 0 aromatic rings. The highest BCUT2D eigenvalue weighted by Crippen LogP contribution is 2.63. The summed E-state index contributed by atoms with van der Waals surface area (Å²) in [5, 5.41) is 0. The molecule has 0 aromatic heterocycles. The highest BCUT2D eigenvalue weighted by molar-refractivity contribution is 7.30. The minimum atomic E-state index is -8.33. The highest BCUT2D eigenvalue weighted by atomic mass is 31.1. The predicted molar refractivity (Wildman–Crippen MR) is 62.8 cm³/mol. The van der Waals surface area contributed by atoms with Gasteiger partial charge in [0.1, 0.15) is 0 Å². The van der Waals surface area contributed by atoms with Crippen LogP contribution in [-0.2, 0) is 4.57 Å². The third-order valence-electron chi connectivity index (χ3n) is 3.65. The molecule has 188 valence electrons. The van der Waals surface area contributed by atoms with Crippen molar-refractivity contribution in [2.45, 2.75) is 60.0 Å². The number of hydrogen-bond acceptors (Lipinski definition) is 1. The van der Waals surface area contributed by atoms with Gasteiger partial charge in [0.15, 0.2) is 0 Å². The van der Waals surface area contributed by atoms with E-state index in [0.717, 1.165) is 0 Å². The quantitative estimate of drug-likeness (QED) is 0.351. The van der Waals surface area contributed by atoms with Gasteiger partial charge < -0.3 is 9.79 Å². The molecule has 0 aliphatic heterocycles. The zero-order chi connectivity index (χ0) is 25.8. The predicted octanol–water partition coefficient (Wildman–Crippen LogP) is 4.82. The first-order chi connectivity index (χ1) is 13.2. The molecule has 1 rings (SSSR count). The molecule has 0 amide bonds. The van der Waals surface area contributed by atoms with Crippen molar-refractivity contribution >= 4 is 8.25 Å². The van der Waals surface area contributed by atoms with Gasteiger partial charge in [-0.25, -0.2) is 13.2 Å². The van der Waals surface area contributed by atoms with Crippen LogP contribution >= 0.6 is 8.25 Å². The van der Waals surface area contributed by atoms with E-state index in [0.29, 0.717) is 0 Å². The first-order valence-corrected chi connectivity index (χ1v) is 7.99. The van der Waals surface area contributed by atoms with Crippen LogP contribution in [0.1, 0.15) is 0 Å². The first-order valence-electron chi connectivity index (χ1n) is 6.69. The molecule has 1 aliphatic carbocycles. The lowest BCUT2D eigenvalue weighted by Crippen LogP contribution is -2.76. The van der Waals surface area contributed by atoms with Gasteiger partial charge in [-0.1, -0.05) is 0 Å². The molecular weight excluding hydrogens is 522 g/mol. The Morgan fingerprint density at radius 2 is 0.774 bits per heavy atom. The summed E-state index contributed by atoms with van der Waals surface area (Å²) in [5.74, 6) is -55.3. The van der Waals surface area contributed by atoms with Crippen LogP contribution < -0.4 is 0 Å². The van der Waals surface area contributed by atoms with E-state index >= 15 is 0 Å². The molecule has 3 atom stereocenters. The van der Waals surface area contributed by atoms with E-state index < -0.39 is 68.2 Å². The van der Waals surface area contributed by atoms with Crippen molar-refractivity contribution in [1.29, 1.82) is 0 Å². The molecule has 0 spiro atoms. The lowest BCUT2D eigenvalue weighted by Gasteiger charge is -2.45. The number of hydrogen-bond donors (Lipinski definition) is 2. The SMILES string of the molecule is FC1C(F)C(F)(F)C(F)(F)C(F)(F)C(F)(F)C(F)(F)C(F)(F)C(F)C1(F)F.O=[PH](O)O. The highest BCUT2D eigenvalue weighted by Gasteiger charge is 2.94. The molecule has 1 fully saturated rings. The molecule has 2 N–H and O–H groups in total. The monoisotopic (exact) mass is 528 g/mol. The third-order valence-corrected chi connectivity index (χ3v) is 3.65. The molecular formula is C10H6F17O3P. The van der Waals surface area contributed by atoms with E-state index in [-0.39, 0.29) is 0 Å². The lowest BCUT2D eigenvalue weighted by atomic mass is 9.82. The average Bonchev–Trinajstić information content (AvgIpc) is 2.57. The van der Waals surface area contributed by atoms with Crippen LogP contribution in [0.2, 0.25) is 0 Å². The van der Waals surface area contributed by atoms with Crippen LogP contribution in [0.25, 0.3) is 0 Å². The minimum Gasteiger partial charge on any atom is -0.326 e. The molecule has 1 aliphatic rings. The third kappa shape index (κ3) is 4.06. The standard InChI is InChI=1S/C10H3F17.H3O3P/c11-1-2(12)5(16,17)7(20,21)9(24,25)10(26,27)8(22,23)6(18,19)3(13)4(1,14)15;1-4(2)3/h1-3H;4H,(H2,1,2,3). The van der Waals surface area contributed by atoms with Gasteiger partial charge in [-0.05, 0) is 0 Å². The van der Waals surface area contributed by atoms with Crippen LogP contribution in [0.5, 0.6) is 0 Å². The van der Waals surface area contributed by atoms with E-state index in [1.54, 1.807) is 0 Å². The molecule has 0 saturated heterocycles. The maximum absolute atomic E-state index is 13.1. The Balaban J connectivity index is 0.00000206. The van der Waals surface area contributed by atoms with Crippen molar-refractivity contribution in [2.75, 3.05) is 0 Å². The topological polar surface area (TPSA) is 57.5 Å². The van der Waals surface area contributed by atoms with E-state index in [9.17, 15) is 74.6 Å². The fraction of sp³-hybridized carbons (Fsp3) is 1.00. The average molecular weight is 528 g/mol. The molecule has 1 saturated carbocycles. The second kappa shape index (κ2) is 8.07. The number of rotatable bonds is 0. The molecule has 3 nitrogen and oxygen atoms in total. The van der Waals surface area contributed by atoms with Gasteiger partial charge in [0, 0.05) is 0 Å². The molecule has 0 heterocycles. The van der Waals surface area contributed by atoms with Crippen molar-refractivity contribution in [1.82, 2.24) is 0 Å². The summed E-state index contributed by atoms with van der Waals surface area (Å²) in [6.07, 6.45) is -18.1. The van der Waals surface area contributed by atoms with Crippen molar-refractivity contribution in [3.8, 4) is 0 Å². The zero-order valence-electron chi connectivity index (χ0n) is 13.5. The summed E-state index contributed by atoms with van der Waals surface area (Å²) in [6.45, 7) is 0. The van der Waals surface area contributed by atoms with E-state index in [4.69, 9.17) is 14.4 Å². The van der Waals surface area contributed by atoms with Gasteiger partial charge >= 0.3 is 49.7 Å².